The van der Waals surface area contributed by atoms with Gasteiger partial charge in [-0.15, -0.1) is 27.7 Å². The zero-order chi connectivity index (χ0) is 21.7. The summed E-state index contributed by atoms with van der Waals surface area (Å²) in [5.41, 5.74) is 4.95. The maximum Gasteiger partial charge on any atom is 0.115 e. The third-order valence-electron chi connectivity index (χ3n) is 5.55. The Morgan fingerprint density at radius 3 is 2.00 bits per heavy atom. The molecule has 5 aromatic rings. The van der Waals surface area contributed by atoms with Gasteiger partial charge in [-0.25, -0.2) is 0 Å². The summed E-state index contributed by atoms with van der Waals surface area (Å²) in [6.07, 6.45) is 0. The molecule has 4 aromatic carbocycles. The molecule has 0 aliphatic carbocycles. The number of hydrogen-bond acceptors (Lipinski definition) is 2. The quantitative estimate of drug-likeness (QED) is 0.452. The summed E-state index contributed by atoms with van der Waals surface area (Å²) in [6, 6.07) is 23.0. The predicted octanol–water partition coefficient (Wildman–Crippen LogP) is 1.43. The standard InChI is InChI=1S/C24H12B5NS/c25-18-19(26)21(28)23(22(29)20(18)27)30-13-9-10-15-16-8-4-7-14(12-5-2-1-3-6-12)24(16)31-17(15)11-13/h1-11,30H. The van der Waals surface area contributed by atoms with Crippen LogP contribution in [0.5, 0.6) is 0 Å². The summed E-state index contributed by atoms with van der Waals surface area (Å²) in [5.74, 6) is 0. The number of hydrogen-bond donors (Lipinski definition) is 1. The van der Waals surface area contributed by atoms with Gasteiger partial charge in [0.15, 0.2) is 0 Å². The van der Waals surface area contributed by atoms with Crippen LogP contribution in [0.15, 0.2) is 66.7 Å². The van der Waals surface area contributed by atoms with Gasteiger partial charge in [0.2, 0.25) is 0 Å². The summed E-state index contributed by atoms with van der Waals surface area (Å²) in [7, 11) is 30.2. The molecular weight excluding hydrogens is 388 g/mol. The first kappa shape index (κ1) is 20.1. The van der Waals surface area contributed by atoms with Crippen molar-refractivity contribution >= 4 is 109 Å². The fourth-order valence-electron chi connectivity index (χ4n) is 3.85. The van der Waals surface area contributed by atoms with Gasteiger partial charge in [-0.2, -0.15) is 0 Å². The van der Waals surface area contributed by atoms with Crippen molar-refractivity contribution < 1.29 is 0 Å². The lowest BCUT2D eigenvalue weighted by Gasteiger charge is -2.22. The second kappa shape index (κ2) is 7.73. The zero-order valence-corrected chi connectivity index (χ0v) is 17.5. The Bertz CT molecular complexity index is 1430. The number of nitrogens with one attached hydrogen (secondary N) is 1. The van der Waals surface area contributed by atoms with Gasteiger partial charge in [0.1, 0.15) is 39.2 Å². The fourth-order valence-corrected chi connectivity index (χ4v) is 5.13. The van der Waals surface area contributed by atoms with Crippen LogP contribution in [-0.4, -0.2) is 39.2 Å². The fraction of sp³-hybridized carbons (Fsp3) is 0. The molecule has 1 heterocycles. The van der Waals surface area contributed by atoms with Gasteiger partial charge in [-0.3, -0.25) is 0 Å². The highest BCUT2D eigenvalue weighted by Crippen LogP contribution is 2.40. The van der Waals surface area contributed by atoms with Gasteiger partial charge in [0, 0.05) is 31.5 Å². The molecule has 31 heavy (non-hydrogen) atoms. The van der Waals surface area contributed by atoms with E-state index in [0.717, 1.165) is 10.4 Å². The maximum atomic E-state index is 6.16. The second-order valence-electron chi connectivity index (χ2n) is 7.43. The van der Waals surface area contributed by atoms with E-state index in [-0.39, 0.29) is 27.3 Å². The normalized spacial score (nSPS) is 11.2. The van der Waals surface area contributed by atoms with E-state index >= 15 is 0 Å². The van der Waals surface area contributed by atoms with Crippen LogP contribution < -0.4 is 32.6 Å². The van der Waals surface area contributed by atoms with E-state index in [1.165, 1.54) is 26.6 Å². The molecule has 0 fully saturated rings. The predicted molar refractivity (Wildman–Crippen MR) is 141 cm³/mol. The topological polar surface area (TPSA) is 12.0 Å². The van der Waals surface area contributed by atoms with Crippen molar-refractivity contribution in [2.75, 3.05) is 5.32 Å². The highest BCUT2D eigenvalue weighted by molar-refractivity contribution is 7.26. The van der Waals surface area contributed by atoms with Gasteiger partial charge in [0.05, 0.1) is 0 Å². The molecule has 0 spiro atoms. The van der Waals surface area contributed by atoms with Gasteiger partial charge < -0.3 is 5.32 Å². The Hall–Kier alpha value is -2.78. The molecule has 1 aromatic heterocycles. The van der Waals surface area contributed by atoms with Crippen molar-refractivity contribution in [1.82, 2.24) is 0 Å². The van der Waals surface area contributed by atoms with Crippen LogP contribution in [0.3, 0.4) is 0 Å². The van der Waals surface area contributed by atoms with Crippen LogP contribution in [-0.2, 0) is 0 Å². The van der Waals surface area contributed by atoms with E-state index in [4.69, 9.17) is 39.2 Å². The largest absolute Gasteiger partial charge is 0.356 e. The Morgan fingerprint density at radius 2 is 1.29 bits per heavy atom. The number of benzene rings is 4. The van der Waals surface area contributed by atoms with Gasteiger partial charge >= 0.3 is 0 Å². The van der Waals surface area contributed by atoms with E-state index in [1.807, 2.05) is 12.1 Å². The summed E-state index contributed by atoms with van der Waals surface area (Å²) >= 11 is 1.75. The number of anilines is 2. The molecule has 0 amide bonds. The van der Waals surface area contributed by atoms with Crippen LogP contribution in [0.4, 0.5) is 11.4 Å². The van der Waals surface area contributed by atoms with Crippen LogP contribution in [0.2, 0.25) is 0 Å². The molecular formula is C24H12B5NS. The Labute approximate surface area is 192 Å². The lowest BCUT2D eigenvalue weighted by molar-refractivity contribution is 1.65. The second-order valence-corrected chi connectivity index (χ2v) is 8.48. The third kappa shape index (κ3) is 3.32. The summed E-state index contributed by atoms with van der Waals surface area (Å²) in [4.78, 5) is 0. The monoisotopic (exact) mass is 401 g/mol. The van der Waals surface area contributed by atoms with Crippen LogP contribution in [0, 0.1) is 0 Å². The van der Waals surface area contributed by atoms with Crippen LogP contribution in [0.1, 0.15) is 0 Å². The average Bonchev–Trinajstić information content (AvgIpc) is 3.17. The molecule has 0 atom stereocenters. The van der Waals surface area contributed by atoms with E-state index in [9.17, 15) is 0 Å². The first-order valence-electron chi connectivity index (χ1n) is 9.74. The molecule has 10 radical (unpaired) electrons. The number of rotatable bonds is 3. The van der Waals surface area contributed by atoms with E-state index in [0.29, 0.717) is 5.69 Å². The van der Waals surface area contributed by atoms with Crippen LogP contribution >= 0.6 is 11.3 Å². The average molecular weight is 400 g/mol. The molecule has 0 aliphatic rings. The molecule has 0 aliphatic heterocycles. The smallest absolute Gasteiger partial charge is 0.115 e. The SMILES string of the molecule is [B]c1c([B])c([B])c(Nc2ccc3c(c2)sc2c(-c4ccccc4)cccc23)c([B])c1[B]. The molecule has 1 N–H and O–H groups in total. The first-order valence-corrected chi connectivity index (χ1v) is 10.6. The molecule has 5 rings (SSSR count). The molecule has 134 valence electrons. The molecule has 0 saturated carbocycles. The molecule has 0 bridgehead atoms. The summed E-state index contributed by atoms with van der Waals surface area (Å²) < 4.78 is 2.40. The van der Waals surface area contributed by atoms with E-state index in [2.05, 4.69) is 59.9 Å². The number of fused-ring (bicyclic) bond motifs is 3. The lowest BCUT2D eigenvalue weighted by Crippen LogP contribution is -2.55. The van der Waals surface area contributed by atoms with Gasteiger partial charge in [-0.05, 0) is 23.3 Å². The van der Waals surface area contributed by atoms with Crippen molar-refractivity contribution in [3.8, 4) is 11.1 Å². The Kier molecular flexibility index (Phi) is 5.02. The van der Waals surface area contributed by atoms with E-state index < -0.39 is 0 Å². The Morgan fingerprint density at radius 1 is 0.613 bits per heavy atom. The Balaban J connectivity index is 1.63. The summed E-state index contributed by atoms with van der Waals surface area (Å²) in [5, 5.41) is 5.70. The van der Waals surface area contributed by atoms with Crippen LogP contribution in [0.25, 0.3) is 31.3 Å². The summed E-state index contributed by atoms with van der Waals surface area (Å²) in [6.45, 7) is 0. The molecule has 1 nitrogen and oxygen atoms in total. The highest BCUT2D eigenvalue weighted by atomic mass is 32.1. The molecule has 7 heteroatoms. The molecule has 0 saturated heterocycles. The minimum atomic E-state index is 0.203. The zero-order valence-electron chi connectivity index (χ0n) is 16.6. The van der Waals surface area contributed by atoms with Crippen molar-refractivity contribution in [2.45, 2.75) is 0 Å². The number of thiophene rings is 1. The highest BCUT2D eigenvalue weighted by Gasteiger charge is 2.13. The lowest BCUT2D eigenvalue weighted by atomic mass is 9.61. The van der Waals surface area contributed by atoms with Crippen molar-refractivity contribution in [3.05, 3.63) is 66.7 Å². The molecule has 0 unspecified atom stereocenters. The van der Waals surface area contributed by atoms with Gasteiger partial charge in [0.25, 0.3) is 0 Å². The minimum Gasteiger partial charge on any atom is -0.356 e. The van der Waals surface area contributed by atoms with Crippen molar-refractivity contribution in [3.63, 3.8) is 0 Å². The first-order chi connectivity index (χ1) is 15.0. The van der Waals surface area contributed by atoms with E-state index in [1.54, 1.807) is 11.3 Å². The van der Waals surface area contributed by atoms with Gasteiger partial charge in [-0.1, -0.05) is 65.5 Å². The van der Waals surface area contributed by atoms with Crippen molar-refractivity contribution in [2.24, 2.45) is 0 Å². The maximum absolute atomic E-state index is 6.16. The van der Waals surface area contributed by atoms with Crippen molar-refractivity contribution in [1.29, 1.82) is 0 Å². The third-order valence-corrected chi connectivity index (χ3v) is 6.75. The minimum absolute atomic E-state index is 0.203.